The van der Waals surface area contributed by atoms with Crippen LogP contribution in [0.25, 0.3) is 0 Å². The summed E-state index contributed by atoms with van der Waals surface area (Å²) in [6.45, 7) is -2.87. The molecule has 0 saturated heterocycles. The Balaban J connectivity index is 2.45. The van der Waals surface area contributed by atoms with Gasteiger partial charge in [0.15, 0.2) is 0 Å². The molecule has 0 fully saturated rings. The molecular weight excluding hydrogens is 410 g/mol. The van der Waals surface area contributed by atoms with Gasteiger partial charge in [0.1, 0.15) is 11.5 Å². The lowest BCUT2D eigenvalue weighted by atomic mass is 10.0. The van der Waals surface area contributed by atoms with Crippen LogP contribution in [0.2, 0.25) is 0 Å². The Morgan fingerprint density at radius 1 is 1.00 bits per heavy atom. The number of rotatable bonds is 5. The minimum Gasteiger partial charge on any atom is -0.496 e. The zero-order chi connectivity index (χ0) is 15.4. The molecule has 6 heteroatoms. The van der Waals surface area contributed by atoms with Gasteiger partial charge in [-0.05, 0) is 24.3 Å². The predicted molar refractivity (Wildman–Crippen MR) is 84.5 cm³/mol. The second kappa shape index (κ2) is 7.22. The first-order chi connectivity index (χ1) is 10.0. The second-order valence-corrected chi connectivity index (χ2v) is 6.00. The van der Waals surface area contributed by atoms with E-state index in [1.54, 1.807) is 25.3 Å². The Bertz CT molecular complexity index is 620. The first-order valence-electron chi connectivity index (χ1n) is 6.04. The van der Waals surface area contributed by atoms with E-state index in [0.717, 1.165) is 10.0 Å². The van der Waals surface area contributed by atoms with Crippen molar-refractivity contribution in [2.24, 2.45) is 0 Å². The number of methoxy groups -OCH3 is 1. The summed E-state index contributed by atoms with van der Waals surface area (Å²) < 4.78 is 35.8. The van der Waals surface area contributed by atoms with E-state index < -0.39 is 6.61 Å². The maximum absolute atomic E-state index is 12.5. The van der Waals surface area contributed by atoms with Crippen molar-refractivity contribution in [3.05, 3.63) is 58.1 Å². The van der Waals surface area contributed by atoms with Gasteiger partial charge in [-0.25, -0.2) is 0 Å². The topological polar surface area (TPSA) is 18.5 Å². The maximum atomic E-state index is 12.5. The zero-order valence-corrected chi connectivity index (χ0v) is 14.2. The minimum absolute atomic E-state index is 0.136. The number of hydrogen-bond donors (Lipinski definition) is 0. The molecule has 0 heterocycles. The molecule has 2 aromatic rings. The fourth-order valence-corrected chi connectivity index (χ4v) is 3.08. The van der Waals surface area contributed by atoms with Crippen LogP contribution in [0.4, 0.5) is 8.78 Å². The monoisotopic (exact) mass is 420 g/mol. The standard InChI is InChI=1S/C15H12Br2F2O2/c1-20-12-7-6-9(16)8-11(12)14(17)10-4-2-3-5-13(10)21-15(18)19/h2-8,14-15H,1H3. The Morgan fingerprint density at radius 3 is 2.38 bits per heavy atom. The summed E-state index contributed by atoms with van der Waals surface area (Å²) in [5.41, 5.74) is 1.42. The third kappa shape index (κ3) is 3.95. The van der Waals surface area contributed by atoms with E-state index in [4.69, 9.17) is 4.74 Å². The van der Waals surface area contributed by atoms with E-state index in [2.05, 4.69) is 36.6 Å². The van der Waals surface area contributed by atoms with Crippen molar-refractivity contribution in [3.8, 4) is 11.5 Å². The summed E-state index contributed by atoms with van der Waals surface area (Å²) in [5.74, 6) is 0.795. The van der Waals surface area contributed by atoms with Gasteiger partial charge in [0.05, 0.1) is 11.9 Å². The van der Waals surface area contributed by atoms with Crippen molar-refractivity contribution in [2.45, 2.75) is 11.4 Å². The lowest BCUT2D eigenvalue weighted by Gasteiger charge is -2.18. The number of hydrogen-bond acceptors (Lipinski definition) is 2. The predicted octanol–water partition coefficient (Wildman–Crippen LogP) is 5.54. The fourth-order valence-electron chi connectivity index (χ4n) is 1.96. The molecule has 0 bridgehead atoms. The average Bonchev–Trinajstić information content (AvgIpc) is 2.46. The van der Waals surface area contributed by atoms with Gasteiger partial charge in [-0.3, -0.25) is 0 Å². The molecule has 0 aliphatic rings. The highest BCUT2D eigenvalue weighted by molar-refractivity contribution is 9.10. The van der Waals surface area contributed by atoms with Crippen molar-refractivity contribution in [1.29, 1.82) is 0 Å². The summed E-state index contributed by atoms with van der Waals surface area (Å²) in [7, 11) is 1.56. The Hall–Kier alpha value is -1.14. The van der Waals surface area contributed by atoms with Crippen molar-refractivity contribution in [3.63, 3.8) is 0 Å². The SMILES string of the molecule is COc1ccc(Br)cc1C(Br)c1ccccc1OC(F)F. The molecular formula is C15H12Br2F2O2. The molecule has 0 spiro atoms. The third-order valence-electron chi connectivity index (χ3n) is 2.87. The fraction of sp³-hybridized carbons (Fsp3) is 0.200. The Morgan fingerprint density at radius 2 is 1.71 bits per heavy atom. The molecule has 2 rings (SSSR count). The van der Waals surface area contributed by atoms with Crippen molar-refractivity contribution in [2.75, 3.05) is 7.11 Å². The van der Waals surface area contributed by atoms with Gasteiger partial charge in [0, 0.05) is 15.6 Å². The van der Waals surface area contributed by atoms with Crippen LogP contribution >= 0.6 is 31.9 Å². The van der Waals surface area contributed by atoms with Crippen LogP contribution in [0, 0.1) is 0 Å². The molecule has 0 radical (unpaired) electrons. The molecule has 1 atom stereocenters. The van der Waals surface area contributed by atoms with Gasteiger partial charge in [0.25, 0.3) is 0 Å². The van der Waals surface area contributed by atoms with Gasteiger partial charge < -0.3 is 9.47 Å². The third-order valence-corrected chi connectivity index (χ3v) is 4.35. The van der Waals surface area contributed by atoms with Crippen LogP contribution in [-0.2, 0) is 0 Å². The van der Waals surface area contributed by atoms with E-state index in [9.17, 15) is 8.78 Å². The number of para-hydroxylation sites is 1. The minimum atomic E-state index is -2.87. The van der Waals surface area contributed by atoms with E-state index in [1.807, 2.05) is 18.2 Å². The van der Waals surface area contributed by atoms with Crippen LogP contribution in [0.15, 0.2) is 46.9 Å². The van der Waals surface area contributed by atoms with Crippen LogP contribution in [0.1, 0.15) is 16.0 Å². The summed E-state index contributed by atoms with van der Waals surface area (Å²) in [4.78, 5) is -0.333. The van der Waals surface area contributed by atoms with Crippen molar-refractivity contribution in [1.82, 2.24) is 0 Å². The zero-order valence-electron chi connectivity index (χ0n) is 11.0. The second-order valence-electron chi connectivity index (χ2n) is 4.17. The molecule has 0 amide bonds. The average molecular weight is 422 g/mol. The first kappa shape index (κ1) is 16.2. The molecule has 112 valence electrons. The molecule has 21 heavy (non-hydrogen) atoms. The van der Waals surface area contributed by atoms with Crippen LogP contribution in [-0.4, -0.2) is 13.7 Å². The number of benzene rings is 2. The summed E-state index contributed by atoms with van der Waals surface area (Å²) in [6, 6.07) is 12.2. The number of ether oxygens (including phenoxy) is 2. The molecule has 2 aromatic carbocycles. The highest BCUT2D eigenvalue weighted by atomic mass is 79.9. The summed E-state index contributed by atoms with van der Waals surface area (Å²) in [5, 5.41) is 0. The van der Waals surface area contributed by atoms with Crippen molar-refractivity contribution < 1.29 is 18.3 Å². The molecule has 0 aliphatic carbocycles. The highest BCUT2D eigenvalue weighted by Crippen LogP contribution is 2.41. The Kier molecular flexibility index (Phi) is 5.58. The molecule has 0 aromatic heterocycles. The van der Waals surface area contributed by atoms with E-state index in [0.29, 0.717) is 11.3 Å². The lowest BCUT2D eigenvalue weighted by molar-refractivity contribution is -0.0503. The van der Waals surface area contributed by atoms with E-state index >= 15 is 0 Å². The summed E-state index contributed by atoms with van der Waals surface area (Å²) >= 11 is 6.93. The molecule has 2 nitrogen and oxygen atoms in total. The largest absolute Gasteiger partial charge is 0.496 e. The van der Waals surface area contributed by atoms with Crippen LogP contribution in [0.3, 0.4) is 0 Å². The first-order valence-corrected chi connectivity index (χ1v) is 7.75. The lowest BCUT2D eigenvalue weighted by Crippen LogP contribution is -2.06. The molecule has 0 aliphatic heterocycles. The highest BCUT2D eigenvalue weighted by Gasteiger charge is 2.20. The normalized spacial score (nSPS) is 12.3. The van der Waals surface area contributed by atoms with E-state index in [1.165, 1.54) is 6.07 Å². The van der Waals surface area contributed by atoms with Gasteiger partial charge in [-0.15, -0.1) is 0 Å². The van der Waals surface area contributed by atoms with Gasteiger partial charge >= 0.3 is 6.61 Å². The quantitative estimate of drug-likeness (QED) is 0.589. The number of alkyl halides is 3. The Labute approximate surface area is 138 Å². The molecule has 0 N–H and O–H groups in total. The van der Waals surface area contributed by atoms with Crippen LogP contribution < -0.4 is 9.47 Å². The summed E-state index contributed by atoms with van der Waals surface area (Å²) in [6.07, 6.45) is 0. The number of halogens is 4. The van der Waals surface area contributed by atoms with Gasteiger partial charge in [-0.2, -0.15) is 8.78 Å². The smallest absolute Gasteiger partial charge is 0.387 e. The molecule has 0 saturated carbocycles. The molecule has 1 unspecified atom stereocenters. The van der Waals surface area contributed by atoms with E-state index in [-0.39, 0.29) is 10.6 Å². The van der Waals surface area contributed by atoms with Gasteiger partial charge in [-0.1, -0.05) is 50.1 Å². The van der Waals surface area contributed by atoms with Crippen LogP contribution in [0.5, 0.6) is 11.5 Å². The maximum Gasteiger partial charge on any atom is 0.387 e. The van der Waals surface area contributed by atoms with Crippen molar-refractivity contribution >= 4 is 31.9 Å². The van der Waals surface area contributed by atoms with Gasteiger partial charge in [0.2, 0.25) is 0 Å².